The van der Waals surface area contributed by atoms with Gasteiger partial charge in [0.25, 0.3) is 11.8 Å². The van der Waals surface area contributed by atoms with Gasteiger partial charge in [0, 0.05) is 25.8 Å². The first-order valence-corrected chi connectivity index (χ1v) is 12.6. The number of aryl methyl sites for hydroxylation is 1. The smallest absolute Gasteiger partial charge is 0.283 e. The summed E-state index contributed by atoms with van der Waals surface area (Å²) < 4.78 is 5.58. The zero-order valence-corrected chi connectivity index (χ0v) is 22.9. The van der Waals surface area contributed by atoms with E-state index in [0.29, 0.717) is 28.4 Å². The molecule has 10 nitrogen and oxygen atoms in total. The molecule has 0 atom stereocenters. The van der Waals surface area contributed by atoms with Crippen LogP contribution in [0.1, 0.15) is 18.1 Å². The molecule has 3 aromatic carbocycles. The van der Waals surface area contributed by atoms with Gasteiger partial charge in [-0.2, -0.15) is 5.01 Å². The molecule has 2 heterocycles. The molecule has 3 aromatic rings. The number of hydrazone groups is 1. The van der Waals surface area contributed by atoms with Crippen LogP contribution in [0.4, 0.5) is 22.7 Å². The number of benzene rings is 3. The van der Waals surface area contributed by atoms with Crippen molar-refractivity contribution in [2.24, 2.45) is 10.1 Å². The van der Waals surface area contributed by atoms with Crippen LogP contribution >= 0.6 is 0 Å². The van der Waals surface area contributed by atoms with Gasteiger partial charge in [-0.3, -0.25) is 19.7 Å². The van der Waals surface area contributed by atoms with Crippen LogP contribution in [0.25, 0.3) is 0 Å². The molecule has 0 unspecified atom stereocenters. The predicted molar refractivity (Wildman–Crippen MR) is 155 cm³/mol. The lowest BCUT2D eigenvalue weighted by Crippen LogP contribution is -2.47. The molecule has 40 heavy (non-hydrogen) atoms. The first kappa shape index (κ1) is 26.8. The van der Waals surface area contributed by atoms with Crippen molar-refractivity contribution in [2.45, 2.75) is 20.5 Å². The van der Waals surface area contributed by atoms with Crippen molar-refractivity contribution in [3.8, 4) is 5.75 Å². The van der Waals surface area contributed by atoms with Crippen molar-refractivity contribution in [3.63, 3.8) is 0 Å². The van der Waals surface area contributed by atoms with Gasteiger partial charge < -0.3 is 9.64 Å². The standard InChI is InChI=1S/C30H29N5O5/c1-18-6-10-21(11-7-18)34-28-26(29(36)35(32-28)22-12-8-20(9-13-22)17-40-38)19(2)27(30(34)37)31-24-15-14-23(33(3)4)16-25(24)39-5/h6-16,38H,17H2,1-5H3. The number of anilines is 3. The SMILES string of the molecule is COc1cc(N(C)C)ccc1N=C1C(=O)N(c2ccc(C)cc2)C2=NN(c3ccc(COO)cc3)C(=O)C2=C1C. The van der Waals surface area contributed by atoms with Gasteiger partial charge in [-0.1, -0.05) is 29.8 Å². The van der Waals surface area contributed by atoms with E-state index in [4.69, 9.17) is 15.0 Å². The molecule has 0 radical (unpaired) electrons. The molecule has 0 aromatic heterocycles. The maximum atomic E-state index is 14.1. The highest BCUT2D eigenvalue weighted by Crippen LogP contribution is 2.36. The number of rotatable bonds is 7. The summed E-state index contributed by atoms with van der Waals surface area (Å²) >= 11 is 0. The molecular formula is C30H29N5O5. The zero-order chi connectivity index (χ0) is 28.6. The number of amides is 2. The second kappa shape index (κ2) is 10.8. The topological polar surface area (TPSA) is 107 Å². The quantitative estimate of drug-likeness (QED) is 0.340. The van der Waals surface area contributed by atoms with Gasteiger partial charge in [-0.25, -0.2) is 9.88 Å². The highest BCUT2D eigenvalue weighted by atomic mass is 17.1. The normalized spacial score (nSPS) is 16.1. The summed E-state index contributed by atoms with van der Waals surface area (Å²) in [6.07, 6.45) is 0. The number of nitrogens with zero attached hydrogens (tertiary/aromatic N) is 5. The summed E-state index contributed by atoms with van der Waals surface area (Å²) in [6.45, 7) is 3.68. The molecule has 5 rings (SSSR count). The Morgan fingerprint density at radius 3 is 2.23 bits per heavy atom. The Balaban J connectivity index is 1.66. The number of methoxy groups -OCH3 is 1. The van der Waals surface area contributed by atoms with Crippen molar-refractivity contribution in [1.29, 1.82) is 0 Å². The van der Waals surface area contributed by atoms with Gasteiger partial charge in [-0.05, 0) is 61.4 Å². The molecule has 2 aliphatic heterocycles. The molecule has 0 saturated carbocycles. The van der Waals surface area contributed by atoms with Gasteiger partial charge in [-0.15, -0.1) is 5.10 Å². The highest BCUT2D eigenvalue weighted by molar-refractivity contribution is 6.61. The van der Waals surface area contributed by atoms with Crippen molar-refractivity contribution in [1.82, 2.24) is 0 Å². The predicted octanol–water partition coefficient (Wildman–Crippen LogP) is 4.86. The van der Waals surface area contributed by atoms with Gasteiger partial charge in [0.15, 0.2) is 5.84 Å². The Morgan fingerprint density at radius 1 is 0.925 bits per heavy atom. The second-order valence-electron chi connectivity index (χ2n) is 9.67. The Hall–Kier alpha value is -4.80. The van der Waals surface area contributed by atoms with Crippen LogP contribution in [0.15, 0.2) is 88.0 Å². The van der Waals surface area contributed by atoms with Crippen molar-refractivity contribution < 1.29 is 24.5 Å². The van der Waals surface area contributed by atoms with Gasteiger partial charge >= 0.3 is 0 Å². The number of ether oxygens (including phenoxy) is 1. The van der Waals surface area contributed by atoms with Gasteiger partial charge in [0.05, 0.1) is 24.1 Å². The van der Waals surface area contributed by atoms with Gasteiger partial charge in [0.1, 0.15) is 23.8 Å². The van der Waals surface area contributed by atoms with Crippen LogP contribution in [-0.4, -0.2) is 49.8 Å². The lowest BCUT2D eigenvalue weighted by atomic mass is 9.96. The monoisotopic (exact) mass is 539 g/mol. The van der Waals surface area contributed by atoms with Crippen molar-refractivity contribution >= 4 is 46.1 Å². The molecule has 2 amide bonds. The van der Waals surface area contributed by atoms with Crippen LogP contribution in [-0.2, 0) is 21.1 Å². The first-order chi connectivity index (χ1) is 19.2. The fraction of sp³-hybridized carbons (Fsp3) is 0.200. The van der Waals surface area contributed by atoms with Crippen LogP contribution in [0.3, 0.4) is 0 Å². The van der Waals surface area contributed by atoms with E-state index in [9.17, 15) is 9.59 Å². The Bertz CT molecular complexity index is 1570. The average molecular weight is 540 g/mol. The number of carbonyl (C=O) groups excluding carboxylic acids is 2. The minimum absolute atomic E-state index is 0.0154. The number of hydrogen-bond acceptors (Lipinski definition) is 8. The van der Waals surface area contributed by atoms with Gasteiger partial charge in [0.2, 0.25) is 0 Å². The molecular weight excluding hydrogens is 510 g/mol. The van der Waals surface area contributed by atoms with Crippen molar-refractivity contribution in [2.75, 3.05) is 36.0 Å². The summed E-state index contributed by atoms with van der Waals surface area (Å²) in [4.78, 5) is 40.2. The van der Waals surface area contributed by atoms with Crippen LogP contribution < -0.4 is 19.5 Å². The lowest BCUT2D eigenvalue weighted by molar-refractivity contribution is -0.253. The van der Waals surface area contributed by atoms with E-state index in [1.807, 2.05) is 62.3 Å². The second-order valence-corrected chi connectivity index (χ2v) is 9.67. The number of hydrogen-bond donors (Lipinski definition) is 1. The number of amidine groups is 1. The van der Waals surface area contributed by atoms with Crippen LogP contribution in [0.5, 0.6) is 5.75 Å². The summed E-state index contributed by atoms with van der Waals surface area (Å²) in [7, 11) is 5.39. The summed E-state index contributed by atoms with van der Waals surface area (Å²) in [5.41, 5.74) is 5.02. The van der Waals surface area contributed by atoms with Crippen molar-refractivity contribution in [3.05, 3.63) is 89.0 Å². The Kier molecular flexibility index (Phi) is 7.20. The fourth-order valence-corrected chi connectivity index (χ4v) is 4.56. The molecule has 2 aliphatic rings. The Labute approximate surface area is 232 Å². The molecule has 0 saturated heterocycles. The molecule has 0 bridgehead atoms. The summed E-state index contributed by atoms with van der Waals surface area (Å²) in [5.74, 6) is -0.0662. The largest absolute Gasteiger partial charge is 0.494 e. The number of aliphatic imine (C=N–C) groups is 1. The molecule has 0 spiro atoms. The molecule has 1 N–H and O–H groups in total. The highest BCUT2D eigenvalue weighted by Gasteiger charge is 2.45. The maximum absolute atomic E-state index is 14.1. The van der Waals surface area contributed by atoms with E-state index in [2.05, 4.69) is 9.99 Å². The number of fused-ring (bicyclic) bond motifs is 1. The third-order valence-electron chi connectivity index (χ3n) is 6.79. The summed E-state index contributed by atoms with van der Waals surface area (Å²) in [5, 5.41) is 14.6. The van der Waals surface area contributed by atoms with Crippen LogP contribution in [0.2, 0.25) is 0 Å². The van der Waals surface area contributed by atoms with E-state index in [0.717, 1.165) is 16.8 Å². The zero-order valence-electron chi connectivity index (χ0n) is 22.9. The molecule has 0 fully saturated rings. The fourth-order valence-electron chi connectivity index (χ4n) is 4.56. The van der Waals surface area contributed by atoms with E-state index in [-0.39, 0.29) is 29.6 Å². The third kappa shape index (κ3) is 4.74. The number of carbonyl (C=O) groups is 2. The minimum atomic E-state index is -0.410. The molecule has 10 heteroatoms. The van der Waals surface area contributed by atoms with E-state index in [1.54, 1.807) is 44.4 Å². The maximum Gasteiger partial charge on any atom is 0.283 e. The first-order valence-electron chi connectivity index (χ1n) is 12.6. The summed E-state index contributed by atoms with van der Waals surface area (Å²) in [6, 6.07) is 19.8. The van der Waals surface area contributed by atoms with E-state index in [1.165, 1.54) is 9.91 Å². The van der Waals surface area contributed by atoms with E-state index >= 15 is 0 Å². The molecule has 204 valence electrons. The average Bonchev–Trinajstić information content (AvgIpc) is 3.29. The lowest BCUT2D eigenvalue weighted by Gasteiger charge is -2.28. The van der Waals surface area contributed by atoms with E-state index < -0.39 is 5.91 Å². The minimum Gasteiger partial charge on any atom is -0.494 e. The van der Waals surface area contributed by atoms with Crippen LogP contribution in [0, 0.1) is 6.92 Å². The third-order valence-corrected chi connectivity index (χ3v) is 6.79. The Morgan fingerprint density at radius 2 is 1.60 bits per heavy atom. The molecule has 0 aliphatic carbocycles.